The lowest BCUT2D eigenvalue weighted by atomic mass is 10.3. The number of nitrogens with one attached hydrogen (secondary N) is 1. The number of rotatable bonds is 6. The third-order valence-corrected chi connectivity index (χ3v) is 4.77. The standard InChI is InChI=1S/C11H16ClN3O5S/c1-6-8(10(12)15(3)14-6)4-21(19,20)5-9(11(17)18)13-7(2)16/h9H,4-5H2,1-3H3,(H,13,16)(H,17,18)/t9-/m0/s1. The molecule has 1 atom stereocenters. The summed E-state index contributed by atoms with van der Waals surface area (Å²) in [4.78, 5) is 21.9. The van der Waals surface area contributed by atoms with Crippen LogP contribution < -0.4 is 5.32 Å². The maximum absolute atomic E-state index is 12.1. The second-order valence-corrected chi connectivity index (χ2v) is 7.09. The van der Waals surface area contributed by atoms with Crippen LogP contribution in [0, 0.1) is 6.92 Å². The quantitative estimate of drug-likeness (QED) is 0.747. The van der Waals surface area contributed by atoms with Gasteiger partial charge in [0.25, 0.3) is 0 Å². The number of sulfone groups is 1. The first-order chi connectivity index (χ1) is 9.53. The van der Waals surface area contributed by atoms with Crippen LogP contribution in [0.2, 0.25) is 5.15 Å². The van der Waals surface area contributed by atoms with Crippen LogP contribution in [0.1, 0.15) is 18.2 Å². The van der Waals surface area contributed by atoms with Gasteiger partial charge in [0.1, 0.15) is 11.2 Å². The molecule has 0 radical (unpaired) electrons. The fourth-order valence-corrected chi connectivity index (χ4v) is 3.75. The SMILES string of the molecule is CC(=O)N[C@@H](CS(=O)(=O)Cc1c(C)nn(C)c1Cl)C(=O)O. The van der Waals surface area contributed by atoms with Gasteiger partial charge in [0.15, 0.2) is 9.84 Å². The van der Waals surface area contributed by atoms with E-state index in [0.717, 1.165) is 6.92 Å². The van der Waals surface area contributed by atoms with E-state index in [4.69, 9.17) is 16.7 Å². The van der Waals surface area contributed by atoms with Crippen molar-refractivity contribution in [3.8, 4) is 0 Å². The molecular formula is C11H16ClN3O5S. The van der Waals surface area contributed by atoms with Gasteiger partial charge >= 0.3 is 5.97 Å². The van der Waals surface area contributed by atoms with Gasteiger partial charge in [-0.2, -0.15) is 5.10 Å². The molecule has 0 aromatic carbocycles. The number of aliphatic carboxylic acids is 1. The molecule has 0 aliphatic rings. The number of carbonyl (C=O) groups is 2. The predicted molar refractivity (Wildman–Crippen MR) is 75.7 cm³/mol. The molecule has 1 heterocycles. The number of carboxylic acids is 1. The summed E-state index contributed by atoms with van der Waals surface area (Å²) in [5.74, 6) is -3.18. The van der Waals surface area contributed by atoms with E-state index in [9.17, 15) is 18.0 Å². The lowest BCUT2D eigenvalue weighted by molar-refractivity contribution is -0.140. The molecule has 2 N–H and O–H groups in total. The summed E-state index contributed by atoms with van der Waals surface area (Å²) in [6.07, 6.45) is 0. The second-order valence-electron chi connectivity index (χ2n) is 4.62. The Bertz CT molecular complexity index is 668. The number of halogens is 1. The van der Waals surface area contributed by atoms with Crippen molar-refractivity contribution in [3.05, 3.63) is 16.4 Å². The van der Waals surface area contributed by atoms with Gasteiger partial charge in [-0.3, -0.25) is 9.48 Å². The molecule has 1 rings (SSSR count). The lowest BCUT2D eigenvalue weighted by Gasteiger charge is -2.13. The molecule has 1 aromatic rings. The zero-order valence-electron chi connectivity index (χ0n) is 11.8. The van der Waals surface area contributed by atoms with Gasteiger partial charge in [-0.15, -0.1) is 0 Å². The van der Waals surface area contributed by atoms with Crippen LogP contribution in [-0.4, -0.2) is 47.0 Å². The van der Waals surface area contributed by atoms with E-state index in [0.29, 0.717) is 11.3 Å². The molecule has 21 heavy (non-hydrogen) atoms. The van der Waals surface area contributed by atoms with Crippen LogP contribution in [0.4, 0.5) is 0 Å². The Hall–Kier alpha value is -1.61. The molecule has 0 saturated heterocycles. The topological polar surface area (TPSA) is 118 Å². The number of carbonyl (C=O) groups excluding carboxylic acids is 1. The number of amides is 1. The highest BCUT2D eigenvalue weighted by Crippen LogP contribution is 2.21. The van der Waals surface area contributed by atoms with Crippen molar-refractivity contribution >= 4 is 33.3 Å². The van der Waals surface area contributed by atoms with E-state index < -0.39 is 39.3 Å². The van der Waals surface area contributed by atoms with Gasteiger partial charge in [0, 0.05) is 19.5 Å². The van der Waals surface area contributed by atoms with Gasteiger partial charge < -0.3 is 10.4 Å². The molecule has 0 aliphatic carbocycles. The van der Waals surface area contributed by atoms with Crippen molar-refractivity contribution in [3.63, 3.8) is 0 Å². The largest absolute Gasteiger partial charge is 0.480 e. The summed E-state index contributed by atoms with van der Waals surface area (Å²) in [6, 6.07) is -1.50. The zero-order valence-corrected chi connectivity index (χ0v) is 13.3. The van der Waals surface area contributed by atoms with Crippen molar-refractivity contribution in [1.82, 2.24) is 15.1 Å². The third-order valence-electron chi connectivity index (χ3n) is 2.73. The van der Waals surface area contributed by atoms with Crippen LogP contribution in [-0.2, 0) is 32.2 Å². The van der Waals surface area contributed by atoms with Crippen LogP contribution >= 0.6 is 11.6 Å². The van der Waals surface area contributed by atoms with Crippen LogP contribution in [0.25, 0.3) is 0 Å². The Morgan fingerprint density at radius 1 is 1.48 bits per heavy atom. The predicted octanol–water partition coefficient (Wildman–Crippen LogP) is -0.114. The number of hydrogen-bond acceptors (Lipinski definition) is 5. The first kappa shape index (κ1) is 17.4. The molecule has 1 amide bonds. The smallest absolute Gasteiger partial charge is 0.327 e. The van der Waals surface area contributed by atoms with Gasteiger partial charge in [-0.05, 0) is 6.92 Å². The fourth-order valence-electron chi connectivity index (χ4n) is 1.79. The van der Waals surface area contributed by atoms with E-state index in [2.05, 4.69) is 10.4 Å². The number of aromatic nitrogens is 2. The molecule has 0 fully saturated rings. The zero-order chi connectivity index (χ0) is 16.4. The summed E-state index contributed by atoms with van der Waals surface area (Å²) in [6.45, 7) is 2.73. The molecule has 0 bridgehead atoms. The summed E-state index contributed by atoms with van der Waals surface area (Å²) < 4.78 is 25.5. The van der Waals surface area contributed by atoms with Crippen LogP contribution in [0.15, 0.2) is 0 Å². The summed E-state index contributed by atoms with van der Waals surface area (Å²) in [5.41, 5.74) is 0.781. The molecule has 10 heteroatoms. The van der Waals surface area contributed by atoms with Gasteiger partial charge in [0.2, 0.25) is 5.91 Å². The van der Waals surface area contributed by atoms with E-state index >= 15 is 0 Å². The average molecular weight is 338 g/mol. The fraction of sp³-hybridized carbons (Fsp3) is 0.545. The number of nitrogens with zero attached hydrogens (tertiary/aromatic N) is 2. The minimum absolute atomic E-state index is 0.183. The molecule has 0 saturated carbocycles. The van der Waals surface area contributed by atoms with Crippen molar-refractivity contribution in [2.45, 2.75) is 25.6 Å². The van der Waals surface area contributed by atoms with Crippen molar-refractivity contribution < 1.29 is 23.1 Å². The van der Waals surface area contributed by atoms with Gasteiger partial charge in [-0.25, -0.2) is 13.2 Å². The van der Waals surface area contributed by atoms with Crippen molar-refractivity contribution in [1.29, 1.82) is 0 Å². The average Bonchev–Trinajstić information content (AvgIpc) is 2.54. The van der Waals surface area contributed by atoms with E-state index in [-0.39, 0.29) is 5.15 Å². The van der Waals surface area contributed by atoms with Gasteiger partial charge in [0.05, 0.1) is 17.2 Å². The molecule has 0 spiro atoms. The van der Waals surface area contributed by atoms with E-state index in [1.807, 2.05) is 0 Å². The molecular weight excluding hydrogens is 322 g/mol. The summed E-state index contributed by atoms with van der Waals surface area (Å²) in [7, 11) is -2.22. The normalized spacial score (nSPS) is 13.0. The lowest BCUT2D eigenvalue weighted by Crippen LogP contribution is -2.44. The first-order valence-electron chi connectivity index (χ1n) is 5.92. The molecule has 1 aromatic heterocycles. The Morgan fingerprint density at radius 2 is 2.05 bits per heavy atom. The Balaban J connectivity index is 2.95. The highest BCUT2D eigenvalue weighted by Gasteiger charge is 2.28. The van der Waals surface area contributed by atoms with Crippen LogP contribution in [0.5, 0.6) is 0 Å². The number of hydrogen-bond donors (Lipinski definition) is 2. The third kappa shape index (κ3) is 4.71. The monoisotopic (exact) mass is 337 g/mol. The summed E-state index contributed by atoms with van der Waals surface area (Å²) in [5, 5.41) is 15.2. The Kier molecular flexibility index (Phi) is 5.35. The Labute approximate surface area is 127 Å². The highest BCUT2D eigenvalue weighted by atomic mass is 35.5. The second kappa shape index (κ2) is 6.44. The highest BCUT2D eigenvalue weighted by molar-refractivity contribution is 7.90. The first-order valence-corrected chi connectivity index (χ1v) is 8.11. The molecule has 118 valence electrons. The summed E-state index contributed by atoms with van der Waals surface area (Å²) >= 11 is 5.95. The van der Waals surface area contributed by atoms with E-state index in [1.54, 1.807) is 14.0 Å². The Morgan fingerprint density at radius 3 is 2.43 bits per heavy atom. The van der Waals surface area contributed by atoms with E-state index in [1.165, 1.54) is 4.68 Å². The molecule has 0 unspecified atom stereocenters. The minimum Gasteiger partial charge on any atom is -0.480 e. The minimum atomic E-state index is -3.79. The maximum atomic E-state index is 12.1. The van der Waals surface area contributed by atoms with Gasteiger partial charge in [-0.1, -0.05) is 11.6 Å². The number of aryl methyl sites for hydroxylation is 2. The van der Waals surface area contributed by atoms with Crippen molar-refractivity contribution in [2.75, 3.05) is 5.75 Å². The van der Waals surface area contributed by atoms with Crippen LogP contribution in [0.3, 0.4) is 0 Å². The number of carboxylic acid groups (broad SMARTS) is 1. The molecule has 8 nitrogen and oxygen atoms in total. The molecule has 0 aliphatic heterocycles. The van der Waals surface area contributed by atoms with Crippen molar-refractivity contribution in [2.24, 2.45) is 7.05 Å². The maximum Gasteiger partial charge on any atom is 0.327 e.